The smallest absolute Gasteiger partial charge is 0.137 e. The molecule has 0 spiro atoms. The molecule has 0 bridgehead atoms. The van der Waals surface area contributed by atoms with Crippen molar-refractivity contribution in [3.05, 3.63) is 77.4 Å². The number of benzene rings is 2. The Bertz CT molecular complexity index is 794. The van der Waals surface area contributed by atoms with Crippen LogP contribution < -0.4 is 10.1 Å². The summed E-state index contributed by atoms with van der Waals surface area (Å²) in [5.41, 5.74) is 2.22. The van der Waals surface area contributed by atoms with Crippen molar-refractivity contribution >= 4 is 46.4 Å². The van der Waals surface area contributed by atoms with E-state index >= 15 is 0 Å². The van der Waals surface area contributed by atoms with Gasteiger partial charge in [0.2, 0.25) is 0 Å². The first-order valence-corrected chi connectivity index (χ1v) is 12.3. The van der Waals surface area contributed by atoms with E-state index in [4.69, 9.17) is 0 Å². The predicted molar refractivity (Wildman–Crippen MR) is 110 cm³/mol. The topological polar surface area (TPSA) is 16.1 Å². The first kappa shape index (κ1) is 16.9. The van der Waals surface area contributed by atoms with E-state index in [1.165, 1.54) is 5.19 Å². The number of pyridine rings is 1. The quantitative estimate of drug-likeness (QED) is 0.513. The molecule has 0 fully saturated rings. The molecule has 122 valence electrons. The largest absolute Gasteiger partial charge is 0.295 e. The Balaban J connectivity index is 2.06. The summed E-state index contributed by atoms with van der Waals surface area (Å²) in [4.78, 5) is 6.73. The fourth-order valence-corrected chi connectivity index (χ4v) is 4.03. The Morgan fingerprint density at radius 3 is 1.88 bits per heavy atom. The molecule has 0 aliphatic carbocycles. The van der Waals surface area contributed by atoms with Gasteiger partial charge in [-0.05, 0) is 48.5 Å². The average molecular weight is 397 g/mol. The molecule has 1 aromatic heterocycles. The van der Waals surface area contributed by atoms with E-state index in [1.54, 1.807) is 0 Å². The van der Waals surface area contributed by atoms with Crippen LogP contribution in [0.2, 0.25) is 19.6 Å². The Morgan fingerprint density at radius 1 is 0.792 bits per heavy atom. The SMILES string of the molecule is C[Si](C)(C)c1ccc(N(c2ccc(Br)cc2)c2ccccn2)cc1. The summed E-state index contributed by atoms with van der Waals surface area (Å²) in [6, 6.07) is 23.2. The van der Waals surface area contributed by atoms with Crippen LogP contribution in [0.1, 0.15) is 0 Å². The van der Waals surface area contributed by atoms with Crippen molar-refractivity contribution in [2.24, 2.45) is 0 Å². The molecule has 3 aromatic rings. The highest BCUT2D eigenvalue weighted by molar-refractivity contribution is 9.10. The maximum Gasteiger partial charge on any atom is 0.137 e. The second kappa shape index (κ2) is 6.91. The van der Waals surface area contributed by atoms with Gasteiger partial charge in [-0.3, -0.25) is 4.90 Å². The lowest BCUT2D eigenvalue weighted by atomic mass is 10.2. The molecular weight excluding hydrogens is 376 g/mol. The van der Waals surface area contributed by atoms with E-state index in [-0.39, 0.29) is 0 Å². The van der Waals surface area contributed by atoms with Crippen LogP contribution in [0.3, 0.4) is 0 Å². The van der Waals surface area contributed by atoms with Crippen molar-refractivity contribution in [2.45, 2.75) is 19.6 Å². The highest BCUT2D eigenvalue weighted by Gasteiger charge is 2.18. The van der Waals surface area contributed by atoms with Crippen LogP contribution in [0.5, 0.6) is 0 Å². The van der Waals surface area contributed by atoms with Gasteiger partial charge in [0.15, 0.2) is 0 Å². The maximum atomic E-state index is 4.55. The Morgan fingerprint density at radius 2 is 1.38 bits per heavy atom. The third-order valence-corrected chi connectivity index (χ3v) is 6.55. The first-order valence-electron chi connectivity index (χ1n) is 8.02. The van der Waals surface area contributed by atoms with E-state index in [0.717, 1.165) is 21.7 Å². The van der Waals surface area contributed by atoms with Crippen LogP contribution in [0.25, 0.3) is 0 Å². The molecule has 24 heavy (non-hydrogen) atoms. The Hall–Kier alpha value is -1.91. The van der Waals surface area contributed by atoms with Crippen molar-refractivity contribution in [3.8, 4) is 0 Å². The molecule has 0 aliphatic rings. The van der Waals surface area contributed by atoms with Crippen LogP contribution in [0, 0.1) is 0 Å². The van der Waals surface area contributed by atoms with E-state index in [2.05, 4.69) is 94.0 Å². The Labute approximate surface area is 153 Å². The molecule has 0 N–H and O–H groups in total. The van der Waals surface area contributed by atoms with E-state index < -0.39 is 8.07 Å². The van der Waals surface area contributed by atoms with Gasteiger partial charge in [-0.1, -0.05) is 59.0 Å². The predicted octanol–water partition coefficient (Wildman–Crippen LogP) is 5.86. The molecule has 2 aromatic carbocycles. The van der Waals surface area contributed by atoms with Crippen LogP contribution in [-0.4, -0.2) is 13.1 Å². The van der Waals surface area contributed by atoms with Gasteiger partial charge in [-0.15, -0.1) is 0 Å². The molecule has 0 aliphatic heterocycles. The lowest BCUT2D eigenvalue weighted by Gasteiger charge is -2.25. The summed E-state index contributed by atoms with van der Waals surface area (Å²) in [5.74, 6) is 0.917. The van der Waals surface area contributed by atoms with Crippen molar-refractivity contribution in [3.63, 3.8) is 0 Å². The number of hydrogen-bond donors (Lipinski definition) is 0. The summed E-state index contributed by atoms with van der Waals surface area (Å²) < 4.78 is 1.07. The fourth-order valence-electron chi connectivity index (χ4n) is 2.60. The fraction of sp³-hybridized carbons (Fsp3) is 0.150. The minimum Gasteiger partial charge on any atom is -0.295 e. The molecular formula is C20H21BrN2Si. The second-order valence-corrected chi connectivity index (χ2v) is 12.8. The summed E-state index contributed by atoms with van der Waals surface area (Å²) >= 11 is 3.51. The number of hydrogen-bond acceptors (Lipinski definition) is 2. The summed E-state index contributed by atoms with van der Waals surface area (Å²) in [5, 5.41) is 1.46. The summed E-state index contributed by atoms with van der Waals surface area (Å²) in [6.45, 7) is 7.10. The summed E-state index contributed by atoms with van der Waals surface area (Å²) in [6.07, 6.45) is 1.83. The number of anilines is 3. The highest BCUT2D eigenvalue weighted by atomic mass is 79.9. The zero-order valence-corrected chi connectivity index (χ0v) is 16.8. The molecule has 0 saturated carbocycles. The van der Waals surface area contributed by atoms with Crippen LogP contribution >= 0.6 is 15.9 Å². The number of rotatable bonds is 4. The van der Waals surface area contributed by atoms with Gasteiger partial charge in [0.1, 0.15) is 5.82 Å². The molecule has 0 unspecified atom stereocenters. The van der Waals surface area contributed by atoms with E-state index in [1.807, 2.05) is 24.4 Å². The number of aromatic nitrogens is 1. The van der Waals surface area contributed by atoms with Gasteiger partial charge in [0.25, 0.3) is 0 Å². The maximum absolute atomic E-state index is 4.55. The molecule has 2 nitrogen and oxygen atoms in total. The Kier molecular flexibility index (Phi) is 4.87. The zero-order valence-electron chi connectivity index (χ0n) is 14.2. The first-order chi connectivity index (χ1) is 11.4. The van der Waals surface area contributed by atoms with Gasteiger partial charge in [0, 0.05) is 22.0 Å². The van der Waals surface area contributed by atoms with Crippen LogP contribution in [0.15, 0.2) is 77.4 Å². The van der Waals surface area contributed by atoms with E-state index in [9.17, 15) is 0 Å². The van der Waals surface area contributed by atoms with Crippen LogP contribution in [0.4, 0.5) is 17.2 Å². The lowest BCUT2D eigenvalue weighted by molar-refractivity contribution is 1.18. The van der Waals surface area contributed by atoms with Crippen molar-refractivity contribution in [1.29, 1.82) is 0 Å². The second-order valence-electron chi connectivity index (χ2n) is 6.80. The number of nitrogens with zero attached hydrogens (tertiary/aromatic N) is 2. The molecule has 1 heterocycles. The highest BCUT2D eigenvalue weighted by Crippen LogP contribution is 2.33. The molecule has 0 amide bonds. The van der Waals surface area contributed by atoms with Crippen molar-refractivity contribution in [1.82, 2.24) is 4.98 Å². The molecule has 0 radical (unpaired) electrons. The molecule has 3 rings (SSSR count). The zero-order chi connectivity index (χ0) is 17.2. The van der Waals surface area contributed by atoms with Crippen LogP contribution in [-0.2, 0) is 0 Å². The molecule has 0 atom stereocenters. The summed E-state index contributed by atoms with van der Waals surface area (Å²) in [7, 11) is -1.30. The minimum absolute atomic E-state index is 0.917. The minimum atomic E-state index is -1.30. The van der Waals surface area contributed by atoms with Crippen molar-refractivity contribution < 1.29 is 0 Å². The number of halogens is 1. The van der Waals surface area contributed by atoms with Gasteiger partial charge >= 0.3 is 0 Å². The van der Waals surface area contributed by atoms with Gasteiger partial charge in [-0.25, -0.2) is 4.98 Å². The average Bonchev–Trinajstić information content (AvgIpc) is 2.58. The lowest BCUT2D eigenvalue weighted by Crippen LogP contribution is -2.37. The van der Waals surface area contributed by atoms with Gasteiger partial charge in [0.05, 0.1) is 8.07 Å². The van der Waals surface area contributed by atoms with Gasteiger partial charge in [-0.2, -0.15) is 0 Å². The third kappa shape index (κ3) is 3.76. The normalized spacial score (nSPS) is 11.3. The third-order valence-electron chi connectivity index (χ3n) is 3.95. The molecule has 4 heteroatoms. The monoisotopic (exact) mass is 396 g/mol. The van der Waals surface area contributed by atoms with Gasteiger partial charge < -0.3 is 0 Å². The standard InChI is InChI=1S/C20H21BrN2Si/c1-24(2,3)19-13-11-18(12-14-19)23(20-6-4-5-15-22-20)17-9-7-16(21)8-10-17/h4-15H,1-3H3. The molecule has 0 saturated heterocycles. The van der Waals surface area contributed by atoms with Crippen molar-refractivity contribution in [2.75, 3.05) is 4.90 Å². The van der Waals surface area contributed by atoms with E-state index in [0.29, 0.717) is 0 Å².